The second-order valence-electron chi connectivity index (χ2n) is 14.1. The zero-order chi connectivity index (χ0) is 38.4. The molecule has 11 aromatic rings. The van der Waals surface area contributed by atoms with Crippen LogP contribution in [-0.4, -0.2) is 29.5 Å². The molecule has 0 spiro atoms. The van der Waals surface area contributed by atoms with Crippen LogP contribution in [0.2, 0.25) is 0 Å². The quantitative estimate of drug-likeness (QED) is 0.162. The maximum absolute atomic E-state index is 5.10. The van der Waals surface area contributed by atoms with Crippen LogP contribution in [0, 0.1) is 0 Å². The van der Waals surface area contributed by atoms with Crippen molar-refractivity contribution in [2.45, 2.75) is 0 Å². The molecule has 58 heavy (non-hydrogen) atoms. The zero-order valence-corrected chi connectivity index (χ0v) is 31.9. The lowest BCUT2D eigenvalue weighted by molar-refractivity contribution is 1.07. The summed E-state index contributed by atoms with van der Waals surface area (Å²) in [7, 11) is 0. The van der Waals surface area contributed by atoms with Crippen molar-refractivity contribution >= 4 is 43.2 Å². The van der Waals surface area contributed by atoms with Crippen molar-refractivity contribution in [2.75, 3.05) is 0 Å². The summed E-state index contributed by atoms with van der Waals surface area (Å²) in [5.41, 5.74) is 11.9. The number of thiophene rings is 1. The van der Waals surface area contributed by atoms with E-state index in [4.69, 9.17) is 15.0 Å². The Kier molecular flexibility index (Phi) is 8.23. The van der Waals surface area contributed by atoms with Crippen molar-refractivity contribution in [3.8, 4) is 72.5 Å². The summed E-state index contributed by atoms with van der Waals surface area (Å²) >= 11 is 1.88. The molecule has 0 aliphatic carbocycles. The Balaban J connectivity index is 1.09. The third kappa shape index (κ3) is 5.84. The van der Waals surface area contributed by atoms with E-state index < -0.39 is 0 Å². The molecular weight excluding hydrogens is 729 g/mol. The molecule has 0 aliphatic heterocycles. The van der Waals surface area contributed by atoms with Crippen LogP contribution in [0.3, 0.4) is 0 Å². The van der Waals surface area contributed by atoms with Gasteiger partial charge < -0.3 is 4.57 Å². The number of aromatic nitrogens is 6. The van der Waals surface area contributed by atoms with Gasteiger partial charge in [0, 0.05) is 78.5 Å². The summed E-state index contributed by atoms with van der Waals surface area (Å²) in [5.74, 6) is 1.79. The summed E-state index contributed by atoms with van der Waals surface area (Å²) in [6.45, 7) is 0. The fourth-order valence-electron chi connectivity index (χ4n) is 7.97. The SMILES string of the molecule is c1ccc(-c2sc3c(ccc4c3c3ccccc3n4-c3cccc(-c4nc(-c5ccncc5)nc(-c5ccc(-c6ccncc6)cc5)n4)c3)c2-c2ccccc2)cc1. The fraction of sp³-hybridized carbons (Fsp3) is 0. The number of hydrogen-bond acceptors (Lipinski definition) is 6. The monoisotopic (exact) mass is 760 g/mol. The Labute approximate surface area is 338 Å². The van der Waals surface area contributed by atoms with Gasteiger partial charge in [-0.3, -0.25) is 9.97 Å². The van der Waals surface area contributed by atoms with Crippen LogP contribution in [0.1, 0.15) is 0 Å². The van der Waals surface area contributed by atoms with E-state index in [1.54, 1.807) is 12.4 Å². The molecular formula is C51H32N6S. The van der Waals surface area contributed by atoms with E-state index in [0.717, 1.165) is 44.5 Å². The third-order valence-corrected chi connectivity index (χ3v) is 12.0. The molecule has 0 aliphatic rings. The van der Waals surface area contributed by atoms with E-state index in [-0.39, 0.29) is 0 Å². The fourth-order valence-corrected chi connectivity index (χ4v) is 9.36. The molecule has 11 rings (SSSR count). The Morgan fingerprint density at radius 2 is 0.931 bits per heavy atom. The molecule has 5 aromatic heterocycles. The number of fused-ring (bicyclic) bond motifs is 5. The molecule has 6 aromatic carbocycles. The van der Waals surface area contributed by atoms with E-state index in [2.05, 4.69) is 160 Å². The highest BCUT2D eigenvalue weighted by atomic mass is 32.1. The normalized spacial score (nSPS) is 11.4. The molecule has 7 heteroatoms. The van der Waals surface area contributed by atoms with Crippen molar-refractivity contribution in [1.82, 2.24) is 29.5 Å². The van der Waals surface area contributed by atoms with Gasteiger partial charge in [0.1, 0.15) is 0 Å². The number of benzene rings is 6. The van der Waals surface area contributed by atoms with Crippen LogP contribution in [0.5, 0.6) is 0 Å². The second-order valence-corrected chi connectivity index (χ2v) is 15.2. The van der Waals surface area contributed by atoms with Crippen molar-refractivity contribution in [3.05, 3.63) is 195 Å². The second kappa shape index (κ2) is 14.2. The zero-order valence-electron chi connectivity index (χ0n) is 31.1. The number of para-hydroxylation sites is 1. The maximum Gasteiger partial charge on any atom is 0.164 e. The number of nitrogens with zero attached hydrogens (tertiary/aromatic N) is 6. The van der Waals surface area contributed by atoms with E-state index in [9.17, 15) is 0 Å². The molecule has 0 radical (unpaired) electrons. The van der Waals surface area contributed by atoms with Gasteiger partial charge in [-0.25, -0.2) is 15.0 Å². The Morgan fingerprint density at radius 1 is 0.379 bits per heavy atom. The van der Waals surface area contributed by atoms with E-state index in [1.807, 2.05) is 48.0 Å². The third-order valence-electron chi connectivity index (χ3n) is 10.7. The molecule has 0 unspecified atom stereocenters. The Morgan fingerprint density at radius 3 is 1.64 bits per heavy atom. The smallest absolute Gasteiger partial charge is 0.164 e. The highest BCUT2D eigenvalue weighted by Crippen LogP contribution is 2.49. The topological polar surface area (TPSA) is 69.4 Å². The van der Waals surface area contributed by atoms with Crippen molar-refractivity contribution < 1.29 is 0 Å². The Bertz CT molecular complexity index is 3250. The first kappa shape index (κ1) is 33.7. The molecule has 5 heterocycles. The van der Waals surface area contributed by atoms with E-state index in [0.29, 0.717) is 17.5 Å². The molecule has 0 amide bonds. The lowest BCUT2D eigenvalue weighted by atomic mass is 9.98. The highest BCUT2D eigenvalue weighted by molar-refractivity contribution is 7.24. The molecule has 6 nitrogen and oxygen atoms in total. The summed E-state index contributed by atoms with van der Waals surface area (Å²) < 4.78 is 3.65. The molecule has 0 N–H and O–H groups in total. The van der Waals surface area contributed by atoms with Gasteiger partial charge in [0.25, 0.3) is 0 Å². The first-order valence-corrected chi connectivity index (χ1v) is 20.0. The lowest BCUT2D eigenvalue weighted by Crippen LogP contribution is -2.01. The molecule has 0 bridgehead atoms. The van der Waals surface area contributed by atoms with Gasteiger partial charge >= 0.3 is 0 Å². The van der Waals surface area contributed by atoms with Crippen molar-refractivity contribution in [3.63, 3.8) is 0 Å². The Hall–Kier alpha value is -7.61. The average Bonchev–Trinajstić information content (AvgIpc) is 3.87. The van der Waals surface area contributed by atoms with Crippen LogP contribution < -0.4 is 0 Å². The summed E-state index contributed by atoms with van der Waals surface area (Å²) in [6.07, 6.45) is 7.15. The summed E-state index contributed by atoms with van der Waals surface area (Å²) in [4.78, 5) is 24.8. The molecule has 272 valence electrons. The lowest BCUT2D eigenvalue weighted by Gasteiger charge is -2.12. The van der Waals surface area contributed by atoms with Gasteiger partial charge in [0.05, 0.1) is 11.0 Å². The van der Waals surface area contributed by atoms with Crippen LogP contribution in [-0.2, 0) is 0 Å². The van der Waals surface area contributed by atoms with Gasteiger partial charge in [-0.05, 0) is 70.8 Å². The molecule has 0 saturated heterocycles. The van der Waals surface area contributed by atoms with E-state index in [1.165, 1.54) is 42.4 Å². The van der Waals surface area contributed by atoms with Crippen LogP contribution in [0.25, 0.3) is 104 Å². The predicted octanol–water partition coefficient (Wildman–Crippen LogP) is 13.0. The van der Waals surface area contributed by atoms with Gasteiger partial charge in [-0.15, -0.1) is 11.3 Å². The predicted molar refractivity (Wildman–Crippen MR) is 238 cm³/mol. The average molecular weight is 761 g/mol. The van der Waals surface area contributed by atoms with Crippen LogP contribution in [0.15, 0.2) is 195 Å². The first-order valence-electron chi connectivity index (χ1n) is 19.1. The van der Waals surface area contributed by atoms with E-state index >= 15 is 0 Å². The molecule has 0 saturated carbocycles. The van der Waals surface area contributed by atoms with Crippen LogP contribution >= 0.6 is 11.3 Å². The van der Waals surface area contributed by atoms with Crippen LogP contribution in [0.4, 0.5) is 0 Å². The largest absolute Gasteiger partial charge is 0.309 e. The molecule has 0 fully saturated rings. The number of hydrogen-bond donors (Lipinski definition) is 0. The number of pyridine rings is 2. The van der Waals surface area contributed by atoms with Gasteiger partial charge in [0.15, 0.2) is 17.5 Å². The maximum atomic E-state index is 5.10. The van der Waals surface area contributed by atoms with Gasteiger partial charge in [-0.2, -0.15) is 0 Å². The molecule has 0 atom stereocenters. The number of rotatable bonds is 7. The van der Waals surface area contributed by atoms with Gasteiger partial charge in [-0.1, -0.05) is 121 Å². The summed E-state index contributed by atoms with van der Waals surface area (Å²) in [6, 6.07) is 59.6. The minimum atomic E-state index is 0.589. The van der Waals surface area contributed by atoms with Crippen molar-refractivity contribution in [2.24, 2.45) is 0 Å². The first-order chi connectivity index (χ1) is 28.8. The standard InChI is InChI=1S/C51H32N6S/c1-3-10-35(11-4-1)45-42-22-23-44-46(48(42)58-47(45)36-12-5-2-6-13-36)41-16-7-8-17-43(41)57(44)40-15-9-14-39(32-40)51-55-49(54-50(56-51)38-26-30-53-31-27-38)37-20-18-33(19-21-37)34-24-28-52-29-25-34/h1-32H. The minimum Gasteiger partial charge on any atom is -0.309 e. The van der Waals surface area contributed by atoms with Crippen molar-refractivity contribution in [1.29, 1.82) is 0 Å². The minimum absolute atomic E-state index is 0.589. The summed E-state index contributed by atoms with van der Waals surface area (Å²) in [5, 5.41) is 3.72. The van der Waals surface area contributed by atoms with Gasteiger partial charge in [0.2, 0.25) is 0 Å². The highest BCUT2D eigenvalue weighted by Gasteiger charge is 2.22.